The van der Waals surface area contributed by atoms with E-state index in [0.717, 1.165) is 11.1 Å². The van der Waals surface area contributed by atoms with Gasteiger partial charge in [0.05, 0.1) is 16.3 Å². The van der Waals surface area contributed by atoms with Crippen LogP contribution < -0.4 is 0 Å². The first-order valence-corrected chi connectivity index (χ1v) is 14.8. The topological polar surface area (TPSA) is 81.2 Å². The van der Waals surface area contributed by atoms with Crippen LogP contribution in [0.4, 0.5) is 4.79 Å². The maximum Gasteiger partial charge on any atom is 0.320 e. The van der Waals surface area contributed by atoms with Crippen LogP contribution in [0.25, 0.3) is 0 Å². The van der Waals surface area contributed by atoms with Crippen LogP contribution in [0.2, 0.25) is 10.0 Å². The van der Waals surface area contributed by atoms with Crippen LogP contribution in [-0.4, -0.2) is 97.9 Å². The molecule has 2 amide bonds. The first-order chi connectivity index (χ1) is 17.4. The first kappa shape index (κ1) is 27.9. The summed E-state index contributed by atoms with van der Waals surface area (Å²) in [5.41, 5.74) is 2.76. The molecular formula is C26H32Cl2N4O4S. The summed E-state index contributed by atoms with van der Waals surface area (Å²) in [6.45, 7) is 4.57. The summed E-state index contributed by atoms with van der Waals surface area (Å²) >= 11 is 12.5. The van der Waals surface area contributed by atoms with Gasteiger partial charge in [-0.25, -0.2) is 13.2 Å². The lowest BCUT2D eigenvalue weighted by Crippen LogP contribution is -2.53. The fourth-order valence-electron chi connectivity index (χ4n) is 5.12. The highest BCUT2D eigenvalue weighted by molar-refractivity contribution is 7.88. The zero-order valence-corrected chi connectivity index (χ0v) is 23.6. The van der Waals surface area contributed by atoms with Gasteiger partial charge in [-0.15, -0.1) is 0 Å². The smallest absolute Gasteiger partial charge is 0.320 e. The molecule has 0 radical (unpaired) electrons. The maximum absolute atomic E-state index is 13.5. The number of Topliss-reactive ketones (excluding diaryl/α,β-unsaturated/α-hetero) is 1. The molecule has 2 aliphatic heterocycles. The van der Waals surface area contributed by atoms with Gasteiger partial charge in [-0.2, -0.15) is 4.31 Å². The van der Waals surface area contributed by atoms with E-state index in [2.05, 4.69) is 4.90 Å². The molecule has 4 rings (SSSR count). The highest BCUT2D eigenvalue weighted by Gasteiger charge is 2.40. The number of halogens is 2. The Bertz CT molecular complexity index is 1260. The Balaban J connectivity index is 1.52. The molecule has 2 unspecified atom stereocenters. The molecule has 2 heterocycles. The Morgan fingerprint density at radius 1 is 0.946 bits per heavy atom. The van der Waals surface area contributed by atoms with E-state index in [1.807, 2.05) is 48.3 Å². The Kier molecular flexibility index (Phi) is 8.50. The molecule has 0 spiro atoms. The second-order valence-corrected chi connectivity index (χ2v) is 12.6. The van der Waals surface area contributed by atoms with Crippen LogP contribution in [0.1, 0.15) is 34.3 Å². The molecule has 0 N–H and O–H groups in total. The molecule has 2 aliphatic rings. The molecule has 200 valence electrons. The van der Waals surface area contributed by atoms with E-state index in [-0.39, 0.29) is 23.8 Å². The van der Waals surface area contributed by atoms with Crippen molar-refractivity contribution < 1.29 is 18.0 Å². The monoisotopic (exact) mass is 566 g/mol. The first-order valence-electron chi connectivity index (χ1n) is 12.2. The molecule has 0 aliphatic carbocycles. The number of carbonyl (C=O) groups is 2. The van der Waals surface area contributed by atoms with E-state index in [1.165, 1.54) is 10.6 Å². The van der Waals surface area contributed by atoms with Crippen molar-refractivity contribution in [2.45, 2.75) is 25.4 Å². The largest absolute Gasteiger partial charge is 0.322 e. The van der Waals surface area contributed by atoms with Crippen molar-refractivity contribution in [2.75, 3.05) is 52.6 Å². The Morgan fingerprint density at radius 3 is 2.16 bits per heavy atom. The normalized spacial score (nSPS) is 21.0. The van der Waals surface area contributed by atoms with Crippen molar-refractivity contribution in [3.05, 3.63) is 69.2 Å². The van der Waals surface area contributed by atoms with E-state index in [9.17, 15) is 18.0 Å². The lowest BCUT2D eigenvalue weighted by molar-refractivity contribution is 0.101. The lowest BCUT2D eigenvalue weighted by atomic mass is 9.93. The number of rotatable bonds is 6. The van der Waals surface area contributed by atoms with Gasteiger partial charge in [-0.1, -0.05) is 53.5 Å². The Morgan fingerprint density at radius 2 is 1.59 bits per heavy atom. The van der Waals surface area contributed by atoms with Crippen molar-refractivity contribution in [2.24, 2.45) is 0 Å². The van der Waals surface area contributed by atoms with Crippen LogP contribution in [0.15, 0.2) is 42.5 Å². The molecular weight excluding hydrogens is 535 g/mol. The number of piperazine rings is 1. The van der Waals surface area contributed by atoms with Crippen molar-refractivity contribution in [1.82, 2.24) is 19.0 Å². The molecule has 8 nitrogen and oxygen atoms in total. The third kappa shape index (κ3) is 6.46. The second-order valence-electron chi connectivity index (χ2n) is 9.85. The molecule has 2 fully saturated rings. The Hall–Kier alpha value is -2.17. The summed E-state index contributed by atoms with van der Waals surface area (Å²) in [6.07, 6.45) is 1.20. The summed E-state index contributed by atoms with van der Waals surface area (Å²) in [5, 5.41) is 0.956. The molecule has 2 aromatic rings. The van der Waals surface area contributed by atoms with Gasteiger partial charge >= 0.3 is 6.03 Å². The minimum Gasteiger partial charge on any atom is -0.322 e. The Labute approximate surface area is 228 Å². The average molecular weight is 568 g/mol. The number of carbonyl (C=O) groups excluding carboxylic acids is 2. The third-order valence-corrected chi connectivity index (χ3v) is 9.31. The van der Waals surface area contributed by atoms with Gasteiger partial charge in [0, 0.05) is 63.3 Å². The summed E-state index contributed by atoms with van der Waals surface area (Å²) in [5.74, 6) is 0.0411. The average Bonchev–Trinajstić information content (AvgIpc) is 3.31. The summed E-state index contributed by atoms with van der Waals surface area (Å²) in [7, 11) is -1.24. The zero-order chi connectivity index (χ0) is 26.9. The van der Waals surface area contributed by atoms with Gasteiger partial charge in [-0.05, 0) is 37.2 Å². The number of likely N-dealkylation sites (N-methyl/N-ethyl adjacent to an activating group) is 1. The maximum atomic E-state index is 13.5. The minimum atomic E-state index is -3.27. The van der Waals surface area contributed by atoms with E-state index in [1.54, 1.807) is 17.9 Å². The number of ketones is 1. The minimum absolute atomic E-state index is 0.0116. The van der Waals surface area contributed by atoms with Crippen LogP contribution in [0.5, 0.6) is 0 Å². The number of urea groups is 1. The van der Waals surface area contributed by atoms with Crippen LogP contribution in [0.3, 0.4) is 0 Å². The van der Waals surface area contributed by atoms with E-state index in [0.29, 0.717) is 61.4 Å². The predicted octanol–water partition coefficient (Wildman–Crippen LogP) is 3.79. The fourth-order valence-corrected chi connectivity index (χ4v) is 6.25. The van der Waals surface area contributed by atoms with Gasteiger partial charge in [0.25, 0.3) is 0 Å². The summed E-state index contributed by atoms with van der Waals surface area (Å²) in [6, 6.07) is 13.1. The van der Waals surface area contributed by atoms with E-state index < -0.39 is 10.0 Å². The quantitative estimate of drug-likeness (QED) is 0.497. The van der Waals surface area contributed by atoms with Gasteiger partial charge in [0.1, 0.15) is 0 Å². The standard InChI is InChI=1S/C26H32Cl2N4O4S/c1-18(33)20-6-4-19(5-7-20)15-29(2)25-17-31(16-22(25)21-8-9-23(27)24(28)14-21)26(34)30-10-12-32(13-11-30)37(3,35)36/h4-9,14,22,25H,10-13,15-17H2,1-3H3. The van der Waals surface area contributed by atoms with Crippen LogP contribution >= 0.6 is 23.2 Å². The third-order valence-electron chi connectivity index (χ3n) is 7.27. The highest BCUT2D eigenvalue weighted by Crippen LogP contribution is 2.35. The van der Waals surface area contributed by atoms with Crippen LogP contribution in [-0.2, 0) is 16.6 Å². The predicted molar refractivity (Wildman–Crippen MR) is 146 cm³/mol. The SMILES string of the molecule is CC(=O)c1ccc(CN(C)C2CN(C(=O)N3CCN(S(C)(=O)=O)CC3)CC2c2ccc(Cl)c(Cl)c2)cc1. The zero-order valence-electron chi connectivity index (χ0n) is 21.2. The van der Waals surface area contributed by atoms with Crippen molar-refractivity contribution in [1.29, 1.82) is 0 Å². The number of nitrogens with zero attached hydrogens (tertiary/aromatic N) is 4. The summed E-state index contributed by atoms with van der Waals surface area (Å²) in [4.78, 5) is 30.9. The molecule has 2 aromatic carbocycles. The molecule has 2 saturated heterocycles. The molecule has 0 bridgehead atoms. The number of sulfonamides is 1. The lowest BCUT2D eigenvalue weighted by Gasteiger charge is -2.35. The highest BCUT2D eigenvalue weighted by atomic mass is 35.5. The van der Waals surface area contributed by atoms with Crippen LogP contribution in [0, 0.1) is 0 Å². The number of hydrogen-bond donors (Lipinski definition) is 0. The van der Waals surface area contributed by atoms with Gasteiger partial charge < -0.3 is 9.80 Å². The molecule has 37 heavy (non-hydrogen) atoms. The second kappa shape index (κ2) is 11.3. The fraction of sp³-hybridized carbons (Fsp3) is 0.462. The molecule has 0 aromatic heterocycles. The summed E-state index contributed by atoms with van der Waals surface area (Å²) < 4.78 is 25.1. The number of likely N-dealkylation sites (tertiary alicyclic amines) is 1. The molecule has 0 saturated carbocycles. The van der Waals surface area contributed by atoms with E-state index >= 15 is 0 Å². The van der Waals surface area contributed by atoms with Crippen molar-refractivity contribution in [3.8, 4) is 0 Å². The van der Waals surface area contributed by atoms with Gasteiger partial charge in [0.15, 0.2) is 5.78 Å². The van der Waals surface area contributed by atoms with Gasteiger partial charge in [0.2, 0.25) is 10.0 Å². The van der Waals surface area contributed by atoms with Gasteiger partial charge in [-0.3, -0.25) is 9.69 Å². The van der Waals surface area contributed by atoms with E-state index in [4.69, 9.17) is 23.2 Å². The number of benzene rings is 2. The number of amides is 2. The van der Waals surface area contributed by atoms with Crippen molar-refractivity contribution in [3.63, 3.8) is 0 Å². The molecule has 11 heteroatoms. The van der Waals surface area contributed by atoms with Crippen molar-refractivity contribution >= 4 is 45.0 Å². The number of hydrogen-bond acceptors (Lipinski definition) is 5. The molecule has 2 atom stereocenters.